The van der Waals surface area contributed by atoms with Crippen molar-refractivity contribution in [3.8, 4) is 17.9 Å². The normalized spacial score (nSPS) is 10.4. The average molecular weight is 276 g/mol. The van der Waals surface area contributed by atoms with Crippen molar-refractivity contribution < 1.29 is 8.42 Å². The molecule has 0 heterocycles. The first kappa shape index (κ1) is 15.2. The third-order valence-electron chi connectivity index (χ3n) is 2.51. The molecule has 0 aliphatic heterocycles. The molecule has 1 rings (SSSR count). The van der Waals surface area contributed by atoms with Crippen LogP contribution in [0.15, 0.2) is 23.1 Å². The summed E-state index contributed by atoms with van der Waals surface area (Å²) < 4.78 is 26.0. The van der Waals surface area contributed by atoms with Crippen LogP contribution in [0.5, 0.6) is 0 Å². The van der Waals surface area contributed by atoms with E-state index in [1.165, 1.54) is 7.05 Å². The molecule has 19 heavy (non-hydrogen) atoms. The average Bonchev–Trinajstić information content (AvgIpc) is 2.38. The van der Waals surface area contributed by atoms with Crippen molar-refractivity contribution >= 4 is 10.0 Å². The molecule has 0 radical (unpaired) electrons. The van der Waals surface area contributed by atoms with Crippen molar-refractivity contribution in [1.82, 2.24) is 4.72 Å². The predicted octanol–water partition coefficient (Wildman–Crippen LogP) is 1.95. The topological polar surface area (TPSA) is 70.0 Å². The van der Waals surface area contributed by atoms with E-state index >= 15 is 0 Å². The zero-order valence-corrected chi connectivity index (χ0v) is 11.8. The summed E-state index contributed by atoms with van der Waals surface area (Å²) in [6, 6.07) is 7.10. The van der Waals surface area contributed by atoms with Crippen LogP contribution in [0.2, 0.25) is 0 Å². The van der Waals surface area contributed by atoms with E-state index in [0.29, 0.717) is 24.8 Å². The summed E-state index contributed by atoms with van der Waals surface area (Å²) in [5.41, 5.74) is 1.45. The van der Waals surface area contributed by atoms with Crippen molar-refractivity contribution in [3.05, 3.63) is 29.3 Å². The molecule has 0 aromatic heterocycles. The fraction of sp³-hybridized carbons (Fsp3) is 0.357. The van der Waals surface area contributed by atoms with Crippen molar-refractivity contribution in [3.63, 3.8) is 0 Å². The second-order valence-corrected chi connectivity index (χ2v) is 5.88. The number of nitrogens with zero attached hydrogens (tertiary/aromatic N) is 1. The van der Waals surface area contributed by atoms with Crippen molar-refractivity contribution in [1.29, 1.82) is 5.26 Å². The molecule has 0 atom stereocenters. The molecule has 4 nitrogen and oxygen atoms in total. The Morgan fingerprint density at radius 2 is 2.05 bits per heavy atom. The molecule has 0 bridgehead atoms. The second kappa shape index (κ2) is 6.94. The third kappa shape index (κ3) is 4.40. The first-order valence-corrected chi connectivity index (χ1v) is 7.39. The highest BCUT2D eigenvalue weighted by Crippen LogP contribution is 2.16. The van der Waals surface area contributed by atoms with Gasteiger partial charge in [0, 0.05) is 18.4 Å². The van der Waals surface area contributed by atoms with Gasteiger partial charge in [0.25, 0.3) is 0 Å². The summed E-state index contributed by atoms with van der Waals surface area (Å²) in [4.78, 5) is 0.188. The predicted molar refractivity (Wildman–Crippen MR) is 73.8 cm³/mol. The van der Waals surface area contributed by atoms with E-state index in [1.54, 1.807) is 18.2 Å². The lowest BCUT2D eigenvalue weighted by atomic mass is 10.1. The fourth-order valence-corrected chi connectivity index (χ4v) is 2.37. The summed E-state index contributed by atoms with van der Waals surface area (Å²) in [7, 11) is -2.12. The van der Waals surface area contributed by atoms with Crippen LogP contribution in [0, 0.1) is 30.1 Å². The quantitative estimate of drug-likeness (QED) is 0.675. The standard InChI is InChI=1S/C14H16N2O2S/c1-12-8-9-14(19(17,18)16-2)13(11-12)7-5-3-4-6-10-15/h8-9,11,16H,3-4,6H2,1-2H3. The molecule has 0 unspecified atom stereocenters. The number of nitrogens with one attached hydrogen (secondary N) is 1. The number of sulfonamides is 1. The molecule has 0 amide bonds. The Hall–Kier alpha value is -1.82. The van der Waals surface area contributed by atoms with Gasteiger partial charge in [-0.2, -0.15) is 5.26 Å². The summed E-state index contributed by atoms with van der Waals surface area (Å²) in [6.07, 6.45) is 1.74. The Morgan fingerprint density at radius 1 is 1.32 bits per heavy atom. The van der Waals surface area contributed by atoms with Crippen LogP contribution in [0.25, 0.3) is 0 Å². The van der Waals surface area contributed by atoms with Crippen molar-refractivity contribution in [2.45, 2.75) is 31.1 Å². The number of hydrogen-bond acceptors (Lipinski definition) is 3. The molecule has 1 N–H and O–H groups in total. The highest BCUT2D eigenvalue weighted by atomic mass is 32.2. The first-order valence-electron chi connectivity index (χ1n) is 5.91. The Labute approximate surface area is 114 Å². The van der Waals surface area contributed by atoms with E-state index in [-0.39, 0.29) is 4.90 Å². The maximum atomic E-state index is 11.8. The monoisotopic (exact) mass is 276 g/mol. The first-order chi connectivity index (χ1) is 9.01. The van der Waals surface area contributed by atoms with Crippen molar-refractivity contribution in [2.75, 3.05) is 7.05 Å². The molecular weight excluding hydrogens is 260 g/mol. The van der Waals surface area contributed by atoms with Gasteiger partial charge in [0.05, 0.1) is 11.0 Å². The van der Waals surface area contributed by atoms with Gasteiger partial charge in [-0.1, -0.05) is 17.9 Å². The van der Waals surface area contributed by atoms with Crippen LogP contribution in [0.3, 0.4) is 0 Å². The van der Waals surface area contributed by atoms with Gasteiger partial charge in [-0.25, -0.2) is 13.1 Å². The third-order valence-corrected chi connectivity index (χ3v) is 3.98. The lowest BCUT2D eigenvalue weighted by Crippen LogP contribution is -2.19. The number of unbranched alkanes of at least 4 members (excludes halogenated alkanes) is 2. The molecule has 0 aliphatic carbocycles. The van der Waals surface area contributed by atoms with Crippen LogP contribution in [0.1, 0.15) is 30.4 Å². The molecule has 0 aliphatic rings. The maximum Gasteiger partial charge on any atom is 0.241 e. The molecular formula is C14H16N2O2S. The smallest absolute Gasteiger partial charge is 0.214 e. The van der Waals surface area contributed by atoms with Crippen LogP contribution in [-0.2, 0) is 10.0 Å². The van der Waals surface area contributed by atoms with Gasteiger partial charge in [-0.3, -0.25) is 0 Å². The summed E-state index contributed by atoms with van der Waals surface area (Å²) in [5.74, 6) is 5.78. The minimum atomic E-state index is -3.50. The molecule has 0 saturated carbocycles. The van der Waals surface area contributed by atoms with Crippen LogP contribution in [0.4, 0.5) is 0 Å². The SMILES string of the molecule is CNS(=O)(=O)c1ccc(C)cc1C#CCCCC#N. The lowest BCUT2D eigenvalue weighted by Gasteiger charge is -2.06. The summed E-state index contributed by atoms with van der Waals surface area (Å²) >= 11 is 0. The minimum absolute atomic E-state index is 0.188. The number of aryl methyl sites for hydroxylation is 1. The van der Waals surface area contributed by atoms with E-state index in [9.17, 15) is 8.42 Å². The second-order valence-electron chi connectivity index (χ2n) is 4.02. The van der Waals surface area contributed by atoms with Gasteiger partial charge in [-0.05, 0) is 38.1 Å². The Balaban J connectivity index is 3.06. The maximum absolute atomic E-state index is 11.8. The van der Waals surface area contributed by atoms with Gasteiger partial charge in [0.2, 0.25) is 10.0 Å². The Morgan fingerprint density at radius 3 is 2.68 bits per heavy atom. The lowest BCUT2D eigenvalue weighted by molar-refractivity contribution is 0.588. The van der Waals surface area contributed by atoms with Crippen molar-refractivity contribution in [2.24, 2.45) is 0 Å². The number of hydrogen-bond donors (Lipinski definition) is 1. The van der Waals surface area contributed by atoms with Gasteiger partial charge >= 0.3 is 0 Å². The van der Waals surface area contributed by atoms with Crippen LogP contribution >= 0.6 is 0 Å². The molecule has 0 fully saturated rings. The Kier molecular flexibility index (Phi) is 5.57. The molecule has 0 saturated heterocycles. The zero-order chi connectivity index (χ0) is 14.3. The van der Waals surface area contributed by atoms with E-state index in [0.717, 1.165) is 5.56 Å². The van der Waals surface area contributed by atoms with Gasteiger partial charge < -0.3 is 0 Å². The summed E-state index contributed by atoms with van der Waals surface area (Å²) in [6.45, 7) is 1.89. The number of nitriles is 1. The van der Waals surface area contributed by atoms with E-state index in [1.807, 2.05) is 13.0 Å². The molecule has 1 aromatic carbocycles. The van der Waals surface area contributed by atoms with Crippen LogP contribution in [-0.4, -0.2) is 15.5 Å². The summed E-state index contributed by atoms with van der Waals surface area (Å²) in [5, 5.41) is 8.42. The fourth-order valence-electron chi connectivity index (χ4n) is 1.50. The van der Waals surface area contributed by atoms with E-state index in [2.05, 4.69) is 16.6 Å². The van der Waals surface area contributed by atoms with Gasteiger partial charge in [0.1, 0.15) is 0 Å². The number of rotatable bonds is 4. The van der Waals surface area contributed by atoms with Gasteiger partial charge in [0.15, 0.2) is 0 Å². The molecule has 0 spiro atoms. The highest BCUT2D eigenvalue weighted by Gasteiger charge is 2.15. The van der Waals surface area contributed by atoms with E-state index in [4.69, 9.17) is 5.26 Å². The zero-order valence-electron chi connectivity index (χ0n) is 11.0. The molecule has 1 aromatic rings. The Bertz CT molecular complexity index is 646. The molecule has 100 valence electrons. The number of benzene rings is 1. The minimum Gasteiger partial charge on any atom is -0.214 e. The van der Waals surface area contributed by atoms with Crippen LogP contribution < -0.4 is 4.72 Å². The molecule has 5 heteroatoms. The van der Waals surface area contributed by atoms with Gasteiger partial charge in [-0.15, -0.1) is 0 Å². The highest BCUT2D eigenvalue weighted by molar-refractivity contribution is 7.89. The largest absolute Gasteiger partial charge is 0.241 e. The van der Waals surface area contributed by atoms with E-state index < -0.39 is 10.0 Å².